The molecule has 0 aliphatic carbocycles. The van der Waals surface area contributed by atoms with Crippen LogP contribution in [0.25, 0.3) is 17.0 Å². The number of rotatable bonds is 5. The third-order valence-electron chi connectivity index (χ3n) is 3.73. The van der Waals surface area contributed by atoms with Gasteiger partial charge in [0.05, 0.1) is 5.69 Å². The molecule has 0 bridgehead atoms. The summed E-state index contributed by atoms with van der Waals surface area (Å²) in [6.07, 6.45) is 3.54. The Labute approximate surface area is 152 Å². The zero-order chi connectivity index (χ0) is 19.4. The molecule has 0 saturated carbocycles. The predicted octanol–water partition coefficient (Wildman–Crippen LogP) is 2.50. The lowest BCUT2D eigenvalue weighted by Gasteiger charge is -2.10. The molecule has 0 fully saturated rings. The van der Waals surface area contributed by atoms with E-state index in [9.17, 15) is 19.1 Å². The van der Waals surface area contributed by atoms with Crippen LogP contribution in [-0.4, -0.2) is 32.1 Å². The lowest BCUT2D eigenvalue weighted by molar-refractivity contribution is -0.131. The minimum absolute atomic E-state index is 0.0980. The van der Waals surface area contributed by atoms with E-state index in [0.717, 1.165) is 6.08 Å². The highest BCUT2D eigenvalue weighted by atomic mass is 19.1. The van der Waals surface area contributed by atoms with Gasteiger partial charge in [-0.25, -0.2) is 14.2 Å². The monoisotopic (exact) mass is 367 g/mol. The fourth-order valence-corrected chi connectivity index (χ4v) is 2.45. The molecule has 1 aromatic carbocycles. The summed E-state index contributed by atoms with van der Waals surface area (Å²) in [7, 11) is 0. The summed E-state index contributed by atoms with van der Waals surface area (Å²) >= 11 is 0. The number of aliphatic carboxylic acids is 1. The number of carboxylic acids is 1. The minimum Gasteiger partial charge on any atom is -0.504 e. The summed E-state index contributed by atoms with van der Waals surface area (Å²) in [6, 6.07) is 8.79. The van der Waals surface area contributed by atoms with Crippen molar-refractivity contribution in [2.45, 2.75) is 6.54 Å². The lowest BCUT2D eigenvalue weighted by atomic mass is 10.1. The number of amides is 1. The van der Waals surface area contributed by atoms with Gasteiger partial charge in [-0.15, -0.1) is 0 Å². The maximum absolute atomic E-state index is 12.9. The maximum atomic E-state index is 12.9. The molecule has 8 heteroatoms. The molecule has 0 aliphatic rings. The Kier molecular flexibility index (Phi) is 5.07. The first-order valence-electron chi connectivity index (χ1n) is 7.87. The molecule has 0 saturated heterocycles. The van der Waals surface area contributed by atoms with Crippen LogP contribution in [0.4, 0.5) is 4.39 Å². The number of nitrogens with zero attached hydrogens (tertiary/aromatic N) is 2. The first-order valence-corrected chi connectivity index (χ1v) is 7.87. The summed E-state index contributed by atoms with van der Waals surface area (Å²) in [5.74, 6) is -2.65. The largest absolute Gasteiger partial charge is 0.504 e. The number of benzene rings is 1. The van der Waals surface area contributed by atoms with Gasteiger partial charge in [-0.3, -0.25) is 9.78 Å². The standard InChI is InChI=1S/C19H14FN3O4/c20-12-5-3-11(4-6-12)10-22-19(27)17-18(26)16-13(2-1-9-21-16)14(23-17)7-8-15(24)25/h1-9,26H,10H2,(H,22,27)(H,24,25)/b8-7+. The van der Waals surface area contributed by atoms with E-state index in [2.05, 4.69) is 15.3 Å². The molecule has 0 unspecified atom stereocenters. The molecule has 0 spiro atoms. The number of aromatic nitrogens is 2. The molecule has 3 rings (SSSR count). The highest BCUT2D eigenvalue weighted by Gasteiger charge is 2.19. The normalized spacial score (nSPS) is 11.0. The Morgan fingerprint density at radius 2 is 1.93 bits per heavy atom. The molecule has 0 radical (unpaired) electrons. The number of carbonyl (C=O) groups is 2. The van der Waals surface area contributed by atoms with Gasteiger partial charge in [0.1, 0.15) is 11.3 Å². The molecule has 0 aliphatic heterocycles. The van der Waals surface area contributed by atoms with Gasteiger partial charge in [-0.1, -0.05) is 12.1 Å². The highest BCUT2D eigenvalue weighted by Crippen LogP contribution is 2.28. The van der Waals surface area contributed by atoms with Crippen LogP contribution in [0.5, 0.6) is 5.75 Å². The summed E-state index contributed by atoms with van der Waals surface area (Å²) in [5, 5.41) is 22.2. The molecule has 27 heavy (non-hydrogen) atoms. The van der Waals surface area contributed by atoms with Crippen LogP contribution in [0.1, 0.15) is 21.7 Å². The number of fused-ring (bicyclic) bond motifs is 1. The van der Waals surface area contributed by atoms with Crippen molar-refractivity contribution >= 4 is 28.9 Å². The number of hydrogen-bond acceptors (Lipinski definition) is 5. The van der Waals surface area contributed by atoms with Crippen molar-refractivity contribution in [3.63, 3.8) is 0 Å². The van der Waals surface area contributed by atoms with Crippen LogP contribution in [0, 0.1) is 5.82 Å². The van der Waals surface area contributed by atoms with Gasteiger partial charge in [0.25, 0.3) is 5.91 Å². The number of carboxylic acid groups (broad SMARTS) is 1. The van der Waals surface area contributed by atoms with Crippen LogP contribution in [0.2, 0.25) is 0 Å². The van der Waals surface area contributed by atoms with Crippen LogP contribution in [0.15, 0.2) is 48.7 Å². The van der Waals surface area contributed by atoms with Gasteiger partial charge in [0.2, 0.25) is 0 Å². The first kappa shape index (κ1) is 18.0. The summed E-state index contributed by atoms with van der Waals surface area (Å²) in [5.41, 5.74) is 0.692. The Morgan fingerprint density at radius 1 is 1.19 bits per heavy atom. The first-order chi connectivity index (χ1) is 13.0. The lowest BCUT2D eigenvalue weighted by Crippen LogP contribution is -2.24. The smallest absolute Gasteiger partial charge is 0.328 e. The van der Waals surface area contributed by atoms with E-state index in [-0.39, 0.29) is 29.3 Å². The number of carbonyl (C=O) groups excluding carboxylic acids is 1. The molecule has 3 aromatic rings. The van der Waals surface area contributed by atoms with E-state index in [1.807, 2.05) is 0 Å². The molecule has 7 nitrogen and oxygen atoms in total. The number of aromatic hydroxyl groups is 1. The molecule has 3 N–H and O–H groups in total. The van der Waals surface area contributed by atoms with Crippen molar-refractivity contribution < 1.29 is 24.2 Å². The zero-order valence-electron chi connectivity index (χ0n) is 13.9. The zero-order valence-corrected chi connectivity index (χ0v) is 13.9. The van der Waals surface area contributed by atoms with Crippen LogP contribution in [0.3, 0.4) is 0 Å². The fourth-order valence-electron chi connectivity index (χ4n) is 2.45. The average Bonchev–Trinajstić information content (AvgIpc) is 2.67. The second kappa shape index (κ2) is 7.61. The number of hydrogen-bond donors (Lipinski definition) is 3. The Morgan fingerprint density at radius 3 is 2.63 bits per heavy atom. The topological polar surface area (TPSA) is 112 Å². The third-order valence-corrected chi connectivity index (χ3v) is 3.73. The van der Waals surface area contributed by atoms with E-state index in [1.165, 1.54) is 36.5 Å². The van der Waals surface area contributed by atoms with Crippen molar-refractivity contribution in [3.05, 3.63) is 71.4 Å². The quantitative estimate of drug-likeness (QED) is 0.597. The molecule has 136 valence electrons. The van der Waals surface area contributed by atoms with E-state index in [4.69, 9.17) is 5.11 Å². The Balaban J connectivity index is 1.95. The minimum atomic E-state index is -1.18. The third kappa shape index (κ3) is 4.06. The Hall–Kier alpha value is -3.81. The number of pyridine rings is 2. The van der Waals surface area contributed by atoms with Crippen molar-refractivity contribution in [1.29, 1.82) is 0 Å². The van der Waals surface area contributed by atoms with Crippen LogP contribution >= 0.6 is 0 Å². The van der Waals surface area contributed by atoms with Crippen molar-refractivity contribution in [2.75, 3.05) is 0 Å². The summed E-state index contributed by atoms with van der Waals surface area (Å²) in [4.78, 5) is 31.4. The van der Waals surface area contributed by atoms with E-state index in [1.54, 1.807) is 12.1 Å². The number of nitrogens with one attached hydrogen (secondary N) is 1. The average molecular weight is 367 g/mol. The van der Waals surface area contributed by atoms with Gasteiger partial charge in [-0.05, 0) is 35.9 Å². The molecular weight excluding hydrogens is 353 g/mol. The fraction of sp³-hybridized carbons (Fsp3) is 0.0526. The van der Waals surface area contributed by atoms with Gasteiger partial charge >= 0.3 is 5.97 Å². The molecule has 0 atom stereocenters. The SMILES string of the molecule is O=C(O)/C=C/c1nc(C(=O)NCc2ccc(F)cc2)c(O)c2ncccc12. The molecule has 2 aromatic heterocycles. The van der Waals surface area contributed by atoms with E-state index >= 15 is 0 Å². The number of halogens is 1. The second-order valence-electron chi connectivity index (χ2n) is 5.57. The van der Waals surface area contributed by atoms with E-state index < -0.39 is 17.6 Å². The van der Waals surface area contributed by atoms with Crippen LogP contribution < -0.4 is 5.32 Å². The van der Waals surface area contributed by atoms with Gasteiger partial charge in [-0.2, -0.15) is 0 Å². The Bertz CT molecular complexity index is 1050. The van der Waals surface area contributed by atoms with Crippen molar-refractivity contribution in [1.82, 2.24) is 15.3 Å². The highest BCUT2D eigenvalue weighted by molar-refractivity contribution is 6.03. The van der Waals surface area contributed by atoms with E-state index in [0.29, 0.717) is 10.9 Å². The maximum Gasteiger partial charge on any atom is 0.328 e. The van der Waals surface area contributed by atoms with Gasteiger partial charge < -0.3 is 15.5 Å². The molecule has 2 heterocycles. The van der Waals surface area contributed by atoms with Gasteiger partial charge in [0.15, 0.2) is 11.4 Å². The van der Waals surface area contributed by atoms with Crippen molar-refractivity contribution in [2.24, 2.45) is 0 Å². The second-order valence-corrected chi connectivity index (χ2v) is 5.57. The predicted molar refractivity (Wildman–Crippen MR) is 95.4 cm³/mol. The van der Waals surface area contributed by atoms with Gasteiger partial charge in [0, 0.05) is 24.2 Å². The molecule has 1 amide bonds. The van der Waals surface area contributed by atoms with Crippen LogP contribution in [-0.2, 0) is 11.3 Å². The summed E-state index contributed by atoms with van der Waals surface area (Å²) < 4.78 is 12.9. The van der Waals surface area contributed by atoms with Crippen molar-refractivity contribution in [3.8, 4) is 5.75 Å². The summed E-state index contributed by atoms with van der Waals surface area (Å²) in [6.45, 7) is 0.0980. The molecular formula is C19H14FN3O4.